The molecule has 5 atom stereocenters. The number of ether oxygens (including phenoxy) is 7. The number of Topliss-reactive ketones (excluding diaryl/α,β-unsaturated/α-hetero) is 1. The highest BCUT2D eigenvalue weighted by molar-refractivity contribution is 6.38. The van der Waals surface area contributed by atoms with Gasteiger partial charge in [-0.15, -0.1) is 0 Å². The lowest BCUT2D eigenvalue weighted by molar-refractivity contribution is -0.165. The molecule has 2 heterocycles. The van der Waals surface area contributed by atoms with Crippen LogP contribution in [0.1, 0.15) is 86.8 Å². The van der Waals surface area contributed by atoms with Gasteiger partial charge >= 0.3 is 18.0 Å². The predicted octanol–water partition coefficient (Wildman–Crippen LogP) is 6.83. The first kappa shape index (κ1) is 76.2. The summed E-state index contributed by atoms with van der Waals surface area (Å²) in [4.78, 5) is 146. The smallest absolute Gasteiger partial charge is 0.415 e. The molecule has 0 saturated carbocycles. The van der Waals surface area contributed by atoms with Crippen molar-refractivity contribution in [3.05, 3.63) is 168 Å². The van der Waals surface area contributed by atoms with E-state index in [1.165, 1.54) is 82.3 Å². The van der Waals surface area contributed by atoms with Crippen molar-refractivity contribution in [3.8, 4) is 23.0 Å². The Morgan fingerprint density at radius 1 is 0.717 bits per heavy atom. The Balaban J connectivity index is 1.15. The number of rotatable bonds is 33. The van der Waals surface area contributed by atoms with Gasteiger partial charge < -0.3 is 68.3 Å². The van der Waals surface area contributed by atoms with E-state index in [1.807, 2.05) is 37.3 Å². The third-order valence-electron chi connectivity index (χ3n) is 17.2. The van der Waals surface area contributed by atoms with E-state index in [1.54, 1.807) is 67.7 Å². The number of likely N-dealkylation sites (N-methyl/N-ethyl adjacent to an activating group) is 3. The van der Waals surface area contributed by atoms with E-state index >= 15 is 9.18 Å². The van der Waals surface area contributed by atoms with Gasteiger partial charge in [0.05, 0.1) is 39.4 Å². The van der Waals surface area contributed by atoms with Crippen molar-refractivity contribution in [2.45, 2.75) is 109 Å². The maximum atomic E-state index is 17.4. The van der Waals surface area contributed by atoms with Crippen LogP contribution in [-0.4, -0.2) is 202 Å². The van der Waals surface area contributed by atoms with Crippen LogP contribution in [0.15, 0.2) is 134 Å². The van der Waals surface area contributed by atoms with Crippen molar-refractivity contribution in [1.82, 2.24) is 35.1 Å². The summed E-state index contributed by atoms with van der Waals surface area (Å²) in [6.45, 7) is 8.22. The second kappa shape index (κ2) is 37.0. The highest BCUT2D eigenvalue weighted by atomic mass is 19.1. The standard InChI is InChI=1S/C74H90FN7O17/c1-10-36-78(5)69(88)55(42-49-21-14-12-15-22-49)76-63(83)46-79(6)70(89)56(43-50-23-16-13-17-24-50)77-68(87)58(44-51-28-32-53(33-29-51)98-73(92)81-38-40-95-41-39-81)80(7)64(84)47-96-61-27-20-25-54(66(61)75)59(34-30-52-31-35-60(93-8)62(45-52)94-9)99-72(91)57-26-18-19-37-82(57)71(90)67(86)74(3,4)48-97-65(85)11-2/h11-17,20-25,27-29,31-33,35,45,55-59H,2,10,18-19,26,30,34,36-44,46-48H2,1,3-9H3,(H,76,83)(H,77,87)/t55-,56-,57+,58+,59-/m1/s1. The lowest BCUT2D eigenvalue weighted by Crippen LogP contribution is -2.57. The highest BCUT2D eigenvalue weighted by Crippen LogP contribution is 2.35. The minimum Gasteiger partial charge on any atom is -0.493 e. The molecule has 25 heteroatoms. The van der Waals surface area contributed by atoms with Crippen molar-refractivity contribution in [2.75, 3.05) is 94.5 Å². The van der Waals surface area contributed by atoms with Crippen LogP contribution < -0.4 is 29.6 Å². The molecule has 0 bridgehead atoms. The third-order valence-corrected chi connectivity index (χ3v) is 17.2. The van der Waals surface area contributed by atoms with Gasteiger partial charge in [-0.2, -0.15) is 0 Å². The summed E-state index contributed by atoms with van der Waals surface area (Å²) in [5.41, 5.74) is 0.979. The van der Waals surface area contributed by atoms with Crippen molar-refractivity contribution < 1.29 is 85.5 Å². The molecule has 0 aromatic heterocycles. The molecule has 2 N–H and O–H groups in total. The molecule has 5 aromatic carbocycles. The monoisotopic (exact) mass is 1370 g/mol. The van der Waals surface area contributed by atoms with Crippen molar-refractivity contribution in [1.29, 1.82) is 0 Å². The van der Waals surface area contributed by atoms with Crippen LogP contribution in [0.5, 0.6) is 23.0 Å². The first-order valence-electron chi connectivity index (χ1n) is 33.0. The molecule has 2 aliphatic heterocycles. The topological polar surface area (TPSA) is 276 Å². The van der Waals surface area contributed by atoms with Crippen LogP contribution in [0.25, 0.3) is 0 Å². The Hall–Kier alpha value is -10.2. The number of amides is 7. The first-order valence-corrected chi connectivity index (χ1v) is 33.0. The van der Waals surface area contributed by atoms with E-state index in [9.17, 15) is 43.2 Å². The predicted molar refractivity (Wildman–Crippen MR) is 363 cm³/mol. The summed E-state index contributed by atoms with van der Waals surface area (Å²) in [6.07, 6.45) is 0.801. The quantitative estimate of drug-likeness (QED) is 0.0247. The zero-order valence-electron chi connectivity index (χ0n) is 57.5. The number of morpholine rings is 1. The number of nitrogens with zero attached hydrogens (tertiary/aromatic N) is 5. The third kappa shape index (κ3) is 21.7. The summed E-state index contributed by atoms with van der Waals surface area (Å²) in [7, 11) is 7.34. The van der Waals surface area contributed by atoms with E-state index in [0.717, 1.165) is 26.3 Å². The minimum absolute atomic E-state index is 0.0218. The highest BCUT2D eigenvalue weighted by Gasteiger charge is 2.43. The molecule has 2 saturated heterocycles. The number of piperidine rings is 1. The molecule has 7 rings (SSSR count). The van der Waals surface area contributed by atoms with Gasteiger partial charge in [0.2, 0.25) is 29.4 Å². The van der Waals surface area contributed by atoms with Crippen molar-refractivity contribution >= 4 is 59.3 Å². The number of carbonyl (C=O) groups is 10. The van der Waals surface area contributed by atoms with Gasteiger partial charge in [-0.1, -0.05) is 104 Å². The largest absolute Gasteiger partial charge is 0.493 e. The number of hydrogen-bond acceptors (Lipinski definition) is 17. The van der Waals surface area contributed by atoms with E-state index in [0.29, 0.717) is 80.3 Å². The Labute approximate surface area is 576 Å². The summed E-state index contributed by atoms with van der Waals surface area (Å²) >= 11 is 0. The molecule has 5 aromatic rings. The average molecular weight is 1370 g/mol. The molecule has 7 amide bonds. The minimum atomic E-state index is -1.48. The average Bonchev–Trinajstić information content (AvgIpc) is 0.810. The molecular weight excluding hydrogens is 1280 g/mol. The molecule has 2 fully saturated rings. The Morgan fingerprint density at radius 3 is 1.96 bits per heavy atom. The maximum absolute atomic E-state index is 17.4. The van der Waals surface area contributed by atoms with Crippen LogP contribution in [0.3, 0.4) is 0 Å². The van der Waals surface area contributed by atoms with Crippen LogP contribution in [-0.2, 0) is 83.0 Å². The number of ketones is 1. The molecular formula is C74H90FN7O17. The van der Waals surface area contributed by atoms with Gasteiger partial charge in [0.1, 0.15) is 42.6 Å². The Bertz CT molecular complexity index is 3630. The second-order valence-corrected chi connectivity index (χ2v) is 25.0. The van der Waals surface area contributed by atoms with Gasteiger partial charge in [0.15, 0.2) is 29.7 Å². The summed E-state index contributed by atoms with van der Waals surface area (Å²) in [6, 6.07) is 28.6. The van der Waals surface area contributed by atoms with Crippen LogP contribution >= 0.6 is 0 Å². The number of halogens is 1. The molecule has 0 spiro atoms. The lowest BCUT2D eigenvalue weighted by atomic mass is 9.87. The van der Waals surface area contributed by atoms with E-state index in [4.69, 9.17) is 33.2 Å². The molecule has 0 unspecified atom stereocenters. The first-order chi connectivity index (χ1) is 47.4. The summed E-state index contributed by atoms with van der Waals surface area (Å²) in [5, 5.41) is 5.69. The van der Waals surface area contributed by atoms with E-state index < -0.39 is 120 Å². The SMILES string of the molecule is C=CC(=O)OCC(C)(C)C(=O)C(=O)N1CCCC[C@H]1C(=O)O[C@H](CCc1ccc(OC)c(OC)c1)c1cccc(OCC(=O)N(C)[C@@H](Cc2ccc(OC(=O)N3CCOCC3)cc2)C(=O)N[C@H](Cc2ccccc2)C(=O)N(C)CC(=O)N[C@H](Cc2ccccc2)C(=O)N(C)CCC)c1F. The molecule has 530 valence electrons. The van der Waals surface area contributed by atoms with Gasteiger partial charge in [0.25, 0.3) is 11.8 Å². The number of methoxy groups -OCH3 is 2. The number of carbonyl (C=O) groups excluding carboxylic acids is 10. The maximum Gasteiger partial charge on any atom is 0.415 e. The van der Waals surface area contributed by atoms with Gasteiger partial charge in [-0.25, -0.2) is 18.8 Å². The van der Waals surface area contributed by atoms with Gasteiger partial charge in [-0.3, -0.25) is 33.6 Å². The van der Waals surface area contributed by atoms with Crippen molar-refractivity contribution in [3.63, 3.8) is 0 Å². The van der Waals surface area contributed by atoms with Gasteiger partial charge in [-0.05, 0) is 105 Å². The van der Waals surface area contributed by atoms with E-state index in [2.05, 4.69) is 17.2 Å². The second-order valence-electron chi connectivity index (χ2n) is 25.0. The fraction of sp³-hybridized carbons (Fsp3) is 0.432. The molecule has 0 radical (unpaired) electrons. The number of hydrogen-bond donors (Lipinski definition) is 2. The van der Waals surface area contributed by atoms with Crippen LogP contribution in [0.4, 0.5) is 9.18 Å². The summed E-state index contributed by atoms with van der Waals surface area (Å²) in [5.74, 6) is -7.26. The fourth-order valence-electron chi connectivity index (χ4n) is 11.5. The number of benzene rings is 5. The van der Waals surface area contributed by atoms with Crippen LogP contribution in [0.2, 0.25) is 0 Å². The lowest BCUT2D eigenvalue weighted by Gasteiger charge is -2.36. The van der Waals surface area contributed by atoms with Crippen LogP contribution in [0, 0.1) is 11.2 Å². The van der Waals surface area contributed by atoms with Crippen molar-refractivity contribution in [2.24, 2.45) is 5.41 Å². The Kier molecular flexibility index (Phi) is 28.5. The van der Waals surface area contributed by atoms with E-state index in [-0.39, 0.29) is 62.3 Å². The molecule has 24 nitrogen and oxygen atoms in total. The fourth-order valence-corrected chi connectivity index (χ4v) is 11.5. The normalized spacial score (nSPS) is 14.9. The molecule has 0 aliphatic carbocycles. The summed E-state index contributed by atoms with van der Waals surface area (Å²) < 4.78 is 56.6. The molecule has 99 heavy (non-hydrogen) atoms. The number of nitrogens with one attached hydrogen (secondary N) is 2. The number of aryl methyl sites for hydroxylation is 1. The zero-order valence-corrected chi connectivity index (χ0v) is 57.5. The molecule has 2 aliphatic rings. The Morgan fingerprint density at radius 2 is 1.33 bits per heavy atom. The van der Waals surface area contributed by atoms with Gasteiger partial charge in [0, 0.05) is 78.2 Å². The zero-order chi connectivity index (χ0) is 71.8. The number of likely N-dealkylation sites (tertiary alicyclic amines) is 1. The number of esters is 2.